The highest BCUT2D eigenvalue weighted by atomic mass is 35.5. The Morgan fingerprint density at radius 3 is 2.38 bits per heavy atom. The molecule has 0 radical (unpaired) electrons. The third-order valence-corrected chi connectivity index (χ3v) is 6.73. The molecule has 32 heavy (non-hydrogen) atoms. The van der Waals surface area contributed by atoms with Gasteiger partial charge in [-0.25, -0.2) is 4.39 Å². The first-order valence-electron chi connectivity index (χ1n) is 10.6. The maximum absolute atomic E-state index is 13.2. The number of nitrogens with one attached hydrogen (secondary N) is 1. The number of amides is 2. The van der Waals surface area contributed by atoms with Crippen molar-refractivity contribution in [2.24, 2.45) is 0 Å². The van der Waals surface area contributed by atoms with Crippen molar-refractivity contribution in [2.45, 2.75) is 58.0 Å². The minimum Gasteiger partial charge on any atom is -0.352 e. The fraction of sp³-hybridized carbons (Fsp3) is 0.417. The van der Waals surface area contributed by atoms with E-state index < -0.39 is 6.04 Å². The monoisotopic (exact) mass is 498 g/mol. The number of hydrogen-bond donors (Lipinski definition) is 1. The van der Waals surface area contributed by atoms with Crippen LogP contribution in [0.15, 0.2) is 42.5 Å². The van der Waals surface area contributed by atoms with Crippen LogP contribution in [0.3, 0.4) is 0 Å². The molecule has 0 aliphatic carbocycles. The Balaban J connectivity index is 2.17. The molecular formula is C24H29Cl2FN2O2S. The highest BCUT2D eigenvalue weighted by Gasteiger charge is 2.29. The maximum Gasteiger partial charge on any atom is 0.243 e. The first-order chi connectivity index (χ1) is 15.2. The quantitative estimate of drug-likeness (QED) is 0.407. The van der Waals surface area contributed by atoms with Crippen molar-refractivity contribution in [1.29, 1.82) is 0 Å². The lowest BCUT2D eigenvalue weighted by Crippen LogP contribution is -2.51. The van der Waals surface area contributed by atoms with Gasteiger partial charge >= 0.3 is 0 Å². The molecule has 2 rings (SSSR count). The smallest absolute Gasteiger partial charge is 0.243 e. The molecule has 0 bridgehead atoms. The number of hydrogen-bond acceptors (Lipinski definition) is 3. The van der Waals surface area contributed by atoms with Crippen molar-refractivity contribution in [3.05, 3.63) is 69.5 Å². The molecule has 2 amide bonds. The minimum absolute atomic E-state index is 0.0143. The third-order valence-electron chi connectivity index (χ3n) is 5.15. The van der Waals surface area contributed by atoms with E-state index in [1.165, 1.54) is 23.9 Å². The number of rotatable bonds is 11. The molecule has 0 aromatic heterocycles. The lowest BCUT2D eigenvalue weighted by molar-refractivity contribution is -0.139. The molecule has 1 N–H and O–H groups in total. The van der Waals surface area contributed by atoms with Gasteiger partial charge in [0, 0.05) is 28.4 Å². The number of benzene rings is 2. The summed E-state index contributed by atoms with van der Waals surface area (Å²) in [5.74, 6) is 0.129. The lowest BCUT2D eigenvalue weighted by atomic mass is 10.1. The summed E-state index contributed by atoms with van der Waals surface area (Å²) in [6.07, 6.45) is 1.27. The van der Waals surface area contributed by atoms with E-state index >= 15 is 0 Å². The van der Waals surface area contributed by atoms with E-state index in [9.17, 15) is 14.0 Å². The Hall–Kier alpha value is -1.76. The molecule has 2 atom stereocenters. The molecule has 0 aliphatic heterocycles. The Bertz CT molecular complexity index is 911. The fourth-order valence-electron chi connectivity index (χ4n) is 3.11. The van der Waals surface area contributed by atoms with Crippen LogP contribution in [0.1, 0.15) is 44.7 Å². The molecule has 174 valence electrons. The topological polar surface area (TPSA) is 49.4 Å². The SMILES string of the molecule is CC[C@@H](C)NC(=O)[C@H](CC)N(Cc1ccc(Cl)cc1Cl)C(=O)CSCc1ccc(F)cc1. The van der Waals surface area contributed by atoms with Gasteiger partial charge in [-0.2, -0.15) is 0 Å². The van der Waals surface area contributed by atoms with Crippen LogP contribution in [0.5, 0.6) is 0 Å². The normalized spacial score (nSPS) is 12.8. The van der Waals surface area contributed by atoms with Gasteiger partial charge in [0.05, 0.1) is 5.75 Å². The molecular weight excluding hydrogens is 470 g/mol. The first kappa shape index (κ1) is 26.5. The van der Waals surface area contributed by atoms with Crippen molar-refractivity contribution in [3.8, 4) is 0 Å². The van der Waals surface area contributed by atoms with Crippen LogP contribution < -0.4 is 5.32 Å². The van der Waals surface area contributed by atoms with Gasteiger partial charge in [0.25, 0.3) is 0 Å². The molecule has 0 saturated carbocycles. The van der Waals surface area contributed by atoms with E-state index in [4.69, 9.17) is 23.2 Å². The van der Waals surface area contributed by atoms with E-state index in [0.717, 1.165) is 17.5 Å². The molecule has 4 nitrogen and oxygen atoms in total. The fourth-order valence-corrected chi connectivity index (χ4v) is 4.45. The summed E-state index contributed by atoms with van der Waals surface area (Å²) in [5, 5.41) is 3.94. The Labute approximate surface area is 203 Å². The Kier molecular flexibility index (Phi) is 10.8. The summed E-state index contributed by atoms with van der Waals surface area (Å²) in [6, 6.07) is 10.7. The summed E-state index contributed by atoms with van der Waals surface area (Å²) >= 11 is 13.8. The Morgan fingerprint density at radius 1 is 1.09 bits per heavy atom. The highest BCUT2D eigenvalue weighted by Crippen LogP contribution is 2.24. The van der Waals surface area contributed by atoms with Crippen molar-refractivity contribution < 1.29 is 14.0 Å². The standard InChI is InChI=1S/C24H29Cl2FN2O2S/c1-4-16(3)28-24(31)22(5-2)29(13-18-8-9-19(25)12-21(18)26)23(30)15-32-14-17-6-10-20(27)11-7-17/h6-12,16,22H,4-5,13-15H2,1-3H3,(H,28,31)/t16-,22+/m1/s1. The van der Waals surface area contributed by atoms with Gasteiger partial charge in [-0.15, -0.1) is 11.8 Å². The summed E-state index contributed by atoms with van der Waals surface area (Å²) in [4.78, 5) is 27.8. The van der Waals surface area contributed by atoms with Crippen molar-refractivity contribution in [3.63, 3.8) is 0 Å². The van der Waals surface area contributed by atoms with Gasteiger partial charge in [-0.05, 0) is 55.2 Å². The van der Waals surface area contributed by atoms with E-state index in [1.807, 2.05) is 20.8 Å². The molecule has 0 aliphatic rings. The van der Waals surface area contributed by atoms with E-state index in [-0.39, 0.29) is 36.0 Å². The van der Waals surface area contributed by atoms with Gasteiger partial charge in [0.1, 0.15) is 11.9 Å². The van der Waals surface area contributed by atoms with E-state index in [1.54, 1.807) is 35.2 Å². The Morgan fingerprint density at radius 2 is 1.78 bits per heavy atom. The molecule has 0 fully saturated rings. The predicted octanol–water partition coefficient (Wildman–Crippen LogP) is 6.09. The summed E-state index contributed by atoms with van der Waals surface area (Å²) in [7, 11) is 0. The van der Waals surface area contributed by atoms with Crippen LogP contribution >= 0.6 is 35.0 Å². The largest absolute Gasteiger partial charge is 0.352 e. The second-order valence-corrected chi connectivity index (χ2v) is 9.45. The van der Waals surface area contributed by atoms with E-state index in [0.29, 0.717) is 22.2 Å². The van der Waals surface area contributed by atoms with Gasteiger partial charge in [0.2, 0.25) is 11.8 Å². The van der Waals surface area contributed by atoms with Crippen molar-refractivity contribution >= 4 is 46.8 Å². The van der Waals surface area contributed by atoms with Crippen LogP contribution in [-0.2, 0) is 21.9 Å². The molecule has 2 aromatic carbocycles. The van der Waals surface area contributed by atoms with Crippen LogP contribution in [0.25, 0.3) is 0 Å². The molecule has 2 aromatic rings. The number of halogens is 3. The number of carbonyl (C=O) groups is 2. The highest BCUT2D eigenvalue weighted by molar-refractivity contribution is 7.99. The average Bonchev–Trinajstić information content (AvgIpc) is 2.76. The maximum atomic E-state index is 13.2. The van der Waals surface area contributed by atoms with Gasteiger partial charge in [0.15, 0.2) is 0 Å². The summed E-state index contributed by atoms with van der Waals surface area (Å²) in [5.41, 5.74) is 1.65. The van der Waals surface area contributed by atoms with Crippen molar-refractivity contribution in [2.75, 3.05) is 5.75 Å². The van der Waals surface area contributed by atoms with Gasteiger partial charge in [-0.1, -0.05) is 55.2 Å². The molecule has 0 heterocycles. The van der Waals surface area contributed by atoms with Crippen LogP contribution in [0.4, 0.5) is 4.39 Å². The second kappa shape index (κ2) is 13.1. The van der Waals surface area contributed by atoms with Crippen LogP contribution in [0.2, 0.25) is 10.0 Å². The molecule has 0 saturated heterocycles. The summed E-state index contributed by atoms with van der Waals surface area (Å²) < 4.78 is 13.1. The van der Waals surface area contributed by atoms with Crippen LogP contribution in [-0.4, -0.2) is 34.6 Å². The van der Waals surface area contributed by atoms with E-state index in [2.05, 4.69) is 5.32 Å². The predicted molar refractivity (Wildman–Crippen MR) is 132 cm³/mol. The third kappa shape index (κ3) is 7.98. The van der Waals surface area contributed by atoms with Gasteiger partial charge in [-0.3, -0.25) is 9.59 Å². The molecule has 0 unspecified atom stereocenters. The summed E-state index contributed by atoms with van der Waals surface area (Å²) in [6.45, 7) is 6.02. The van der Waals surface area contributed by atoms with Crippen molar-refractivity contribution in [1.82, 2.24) is 10.2 Å². The number of thioether (sulfide) groups is 1. The zero-order valence-electron chi connectivity index (χ0n) is 18.5. The number of carbonyl (C=O) groups excluding carboxylic acids is 2. The van der Waals surface area contributed by atoms with Gasteiger partial charge < -0.3 is 10.2 Å². The van der Waals surface area contributed by atoms with Crippen LogP contribution in [0, 0.1) is 5.82 Å². The first-order valence-corrected chi connectivity index (χ1v) is 12.5. The second-order valence-electron chi connectivity index (χ2n) is 7.62. The molecule has 8 heteroatoms. The lowest BCUT2D eigenvalue weighted by Gasteiger charge is -2.31. The molecule has 0 spiro atoms. The zero-order chi connectivity index (χ0) is 23.7. The zero-order valence-corrected chi connectivity index (χ0v) is 20.9. The number of nitrogens with zero attached hydrogens (tertiary/aromatic N) is 1. The average molecular weight is 499 g/mol. The minimum atomic E-state index is -0.616.